The lowest BCUT2D eigenvalue weighted by Gasteiger charge is -2.19. The topological polar surface area (TPSA) is 38.8 Å². The fraction of sp³-hybridized carbons (Fsp3) is 0.562. The highest BCUT2D eigenvalue weighted by Gasteiger charge is 2.32. The molecular formula is C16H20F3NO3. The fourth-order valence-electron chi connectivity index (χ4n) is 2.26. The standard InChI is InChI=1S/C16H20F3NO3/c1-22-5-2-6-23-15-8-12(7-13(9-15)16(17,18)19)10-20(11-21)14-3-4-14/h7-9,11,14H,2-6,10H2,1H3. The summed E-state index contributed by atoms with van der Waals surface area (Å²) in [6.07, 6.45) is -1.37. The summed E-state index contributed by atoms with van der Waals surface area (Å²) < 4.78 is 49.3. The van der Waals surface area contributed by atoms with Crippen LogP contribution in [-0.4, -0.2) is 37.7 Å². The number of ether oxygens (including phenoxy) is 2. The predicted octanol–water partition coefficient (Wildman–Crippen LogP) is 3.24. The largest absolute Gasteiger partial charge is 0.493 e. The van der Waals surface area contributed by atoms with E-state index < -0.39 is 11.7 Å². The summed E-state index contributed by atoms with van der Waals surface area (Å²) in [7, 11) is 1.55. The van der Waals surface area contributed by atoms with Gasteiger partial charge in [0.05, 0.1) is 12.2 Å². The summed E-state index contributed by atoms with van der Waals surface area (Å²) in [5, 5.41) is 0. The minimum atomic E-state index is -4.45. The van der Waals surface area contributed by atoms with Crippen molar-refractivity contribution < 1.29 is 27.4 Å². The molecule has 1 aromatic carbocycles. The molecule has 0 atom stereocenters. The second kappa shape index (κ2) is 7.68. The normalized spacial score (nSPS) is 14.6. The van der Waals surface area contributed by atoms with Crippen LogP contribution in [-0.2, 0) is 22.3 Å². The Morgan fingerprint density at radius 3 is 2.57 bits per heavy atom. The van der Waals surface area contributed by atoms with Gasteiger partial charge in [0.25, 0.3) is 0 Å². The van der Waals surface area contributed by atoms with E-state index in [1.54, 1.807) is 13.2 Å². The summed E-state index contributed by atoms with van der Waals surface area (Å²) >= 11 is 0. The summed E-state index contributed by atoms with van der Waals surface area (Å²) in [6.45, 7) is 0.910. The third kappa shape index (κ3) is 5.42. The SMILES string of the molecule is COCCCOc1cc(CN(C=O)C2CC2)cc(C(F)(F)F)c1. The third-order valence-electron chi connectivity index (χ3n) is 3.57. The number of carbonyl (C=O) groups excluding carboxylic acids is 1. The molecule has 0 spiro atoms. The average molecular weight is 331 g/mol. The number of hydrogen-bond donors (Lipinski definition) is 0. The van der Waals surface area contributed by atoms with Gasteiger partial charge in [0.1, 0.15) is 5.75 Å². The first-order valence-electron chi connectivity index (χ1n) is 7.48. The molecule has 1 amide bonds. The van der Waals surface area contributed by atoms with E-state index in [-0.39, 0.29) is 24.9 Å². The summed E-state index contributed by atoms with van der Waals surface area (Å²) in [5.41, 5.74) is -0.348. The Balaban J connectivity index is 2.13. The van der Waals surface area contributed by atoms with Crippen LogP contribution in [0, 0.1) is 0 Å². The van der Waals surface area contributed by atoms with Crippen LogP contribution in [0.5, 0.6) is 5.75 Å². The number of hydrogen-bond acceptors (Lipinski definition) is 3. The molecule has 0 bridgehead atoms. The van der Waals surface area contributed by atoms with Crippen molar-refractivity contribution in [2.75, 3.05) is 20.3 Å². The molecule has 23 heavy (non-hydrogen) atoms. The Morgan fingerprint density at radius 2 is 2.00 bits per heavy atom. The van der Waals surface area contributed by atoms with Gasteiger partial charge in [-0.3, -0.25) is 4.79 Å². The van der Waals surface area contributed by atoms with E-state index in [4.69, 9.17) is 9.47 Å². The van der Waals surface area contributed by atoms with Gasteiger partial charge in [0.2, 0.25) is 6.41 Å². The van der Waals surface area contributed by atoms with Crippen LogP contribution in [0.15, 0.2) is 18.2 Å². The van der Waals surface area contributed by atoms with E-state index in [2.05, 4.69) is 0 Å². The van der Waals surface area contributed by atoms with Gasteiger partial charge in [0, 0.05) is 32.7 Å². The van der Waals surface area contributed by atoms with Crippen molar-refractivity contribution in [3.05, 3.63) is 29.3 Å². The Labute approximate surface area is 133 Å². The molecule has 128 valence electrons. The molecule has 1 aliphatic rings. The molecule has 0 radical (unpaired) electrons. The van der Waals surface area contributed by atoms with Crippen molar-refractivity contribution in [2.45, 2.75) is 38.0 Å². The van der Waals surface area contributed by atoms with Gasteiger partial charge in [0.15, 0.2) is 0 Å². The molecule has 0 aliphatic heterocycles. The van der Waals surface area contributed by atoms with Crippen LogP contribution in [0.1, 0.15) is 30.4 Å². The van der Waals surface area contributed by atoms with Gasteiger partial charge in [-0.1, -0.05) is 0 Å². The van der Waals surface area contributed by atoms with E-state index in [1.165, 1.54) is 4.90 Å². The fourth-order valence-corrected chi connectivity index (χ4v) is 2.26. The zero-order valence-electron chi connectivity index (χ0n) is 12.9. The smallest absolute Gasteiger partial charge is 0.416 e. The highest BCUT2D eigenvalue weighted by atomic mass is 19.4. The van der Waals surface area contributed by atoms with Gasteiger partial charge < -0.3 is 14.4 Å². The molecule has 7 heteroatoms. The minimum absolute atomic E-state index is 0.146. The highest BCUT2D eigenvalue weighted by molar-refractivity contribution is 5.49. The van der Waals surface area contributed by atoms with Crippen molar-refractivity contribution >= 4 is 6.41 Å². The van der Waals surface area contributed by atoms with Gasteiger partial charge in [-0.25, -0.2) is 0 Å². The van der Waals surface area contributed by atoms with E-state index in [0.29, 0.717) is 25.0 Å². The molecule has 1 saturated carbocycles. The molecule has 0 aromatic heterocycles. The molecule has 0 saturated heterocycles. The Hall–Kier alpha value is -1.76. The first kappa shape index (κ1) is 17.6. The number of halogens is 3. The lowest BCUT2D eigenvalue weighted by Crippen LogP contribution is -2.23. The van der Waals surface area contributed by atoms with Crippen molar-refractivity contribution in [1.29, 1.82) is 0 Å². The number of methoxy groups -OCH3 is 1. The van der Waals surface area contributed by atoms with Crippen LogP contribution >= 0.6 is 0 Å². The first-order valence-corrected chi connectivity index (χ1v) is 7.48. The van der Waals surface area contributed by atoms with E-state index in [1.807, 2.05) is 0 Å². The van der Waals surface area contributed by atoms with Crippen molar-refractivity contribution in [3.63, 3.8) is 0 Å². The lowest BCUT2D eigenvalue weighted by molar-refractivity contribution is -0.137. The highest BCUT2D eigenvalue weighted by Crippen LogP contribution is 2.34. The maximum absolute atomic E-state index is 13.0. The van der Waals surface area contributed by atoms with Gasteiger partial charge in [-0.15, -0.1) is 0 Å². The Kier molecular flexibility index (Phi) is 5.87. The van der Waals surface area contributed by atoms with Crippen LogP contribution in [0.4, 0.5) is 13.2 Å². The number of rotatable bonds is 9. The lowest BCUT2D eigenvalue weighted by atomic mass is 10.1. The monoisotopic (exact) mass is 331 g/mol. The molecule has 1 aromatic rings. The van der Waals surface area contributed by atoms with Crippen LogP contribution in [0.3, 0.4) is 0 Å². The van der Waals surface area contributed by atoms with Crippen molar-refractivity contribution in [1.82, 2.24) is 4.90 Å². The molecule has 1 aliphatic carbocycles. The van der Waals surface area contributed by atoms with Gasteiger partial charge in [-0.2, -0.15) is 13.2 Å². The Bertz CT molecular complexity index is 530. The Morgan fingerprint density at radius 1 is 1.26 bits per heavy atom. The number of nitrogens with zero attached hydrogens (tertiary/aromatic N) is 1. The first-order chi connectivity index (χ1) is 10.9. The maximum atomic E-state index is 13.0. The zero-order valence-corrected chi connectivity index (χ0v) is 12.9. The van der Waals surface area contributed by atoms with Crippen LogP contribution < -0.4 is 4.74 Å². The molecular weight excluding hydrogens is 311 g/mol. The number of alkyl halides is 3. The predicted molar refractivity (Wildman–Crippen MR) is 78.1 cm³/mol. The summed E-state index contributed by atoms with van der Waals surface area (Å²) in [6, 6.07) is 3.76. The number of amides is 1. The number of benzene rings is 1. The number of carbonyl (C=O) groups is 1. The van der Waals surface area contributed by atoms with E-state index >= 15 is 0 Å². The van der Waals surface area contributed by atoms with Crippen LogP contribution in [0.25, 0.3) is 0 Å². The van der Waals surface area contributed by atoms with E-state index in [9.17, 15) is 18.0 Å². The molecule has 0 N–H and O–H groups in total. The third-order valence-corrected chi connectivity index (χ3v) is 3.57. The van der Waals surface area contributed by atoms with Crippen molar-refractivity contribution in [2.24, 2.45) is 0 Å². The van der Waals surface area contributed by atoms with E-state index in [0.717, 1.165) is 25.0 Å². The molecule has 2 rings (SSSR count). The molecule has 0 unspecified atom stereocenters. The second-order valence-electron chi connectivity index (χ2n) is 5.57. The van der Waals surface area contributed by atoms with Gasteiger partial charge >= 0.3 is 6.18 Å². The second-order valence-corrected chi connectivity index (χ2v) is 5.57. The minimum Gasteiger partial charge on any atom is -0.493 e. The van der Waals surface area contributed by atoms with Gasteiger partial charge in [-0.05, 0) is 36.6 Å². The summed E-state index contributed by atoms with van der Waals surface area (Å²) in [4.78, 5) is 12.6. The van der Waals surface area contributed by atoms with Crippen LogP contribution in [0.2, 0.25) is 0 Å². The van der Waals surface area contributed by atoms with Crippen molar-refractivity contribution in [3.8, 4) is 5.75 Å². The average Bonchev–Trinajstić information content (AvgIpc) is 3.33. The molecule has 1 fully saturated rings. The molecule has 0 heterocycles. The molecule has 4 nitrogen and oxygen atoms in total. The zero-order chi connectivity index (χ0) is 16.9. The quantitative estimate of drug-likeness (QED) is 0.515. The summed E-state index contributed by atoms with van der Waals surface area (Å²) in [5.74, 6) is 0.160. The maximum Gasteiger partial charge on any atom is 0.416 e.